The van der Waals surface area contributed by atoms with Crippen molar-refractivity contribution in [1.82, 2.24) is 0 Å². The van der Waals surface area contributed by atoms with Gasteiger partial charge in [0.05, 0.1) is 0 Å². The predicted octanol–water partition coefficient (Wildman–Crippen LogP) is 3.15. The van der Waals surface area contributed by atoms with Crippen LogP contribution in [0.1, 0.15) is 39.0 Å². The smallest absolute Gasteiger partial charge is 0.0177 e. The Kier molecular flexibility index (Phi) is 2.90. The Morgan fingerprint density at radius 2 is 2.00 bits per heavy atom. The van der Waals surface area contributed by atoms with E-state index in [1.165, 1.54) is 32.1 Å². The summed E-state index contributed by atoms with van der Waals surface area (Å²) < 4.78 is 0. The quantitative estimate of drug-likeness (QED) is 0.557. The summed E-state index contributed by atoms with van der Waals surface area (Å²) in [5.74, 6) is 0.894. The highest BCUT2D eigenvalue weighted by Crippen LogP contribution is 2.31. The molecule has 0 heterocycles. The third-order valence-electron chi connectivity index (χ3n) is 2.33. The summed E-state index contributed by atoms with van der Waals surface area (Å²) in [6.07, 6.45) is 6.86. The van der Waals surface area contributed by atoms with E-state index in [9.17, 15) is 0 Å². The van der Waals surface area contributed by atoms with Crippen molar-refractivity contribution in [2.45, 2.75) is 44.3 Å². The molecule has 0 nitrogen and oxygen atoms in total. The van der Waals surface area contributed by atoms with Gasteiger partial charge in [-0.1, -0.05) is 32.4 Å². The maximum atomic E-state index is 5.30. The Bertz CT molecular complexity index is 74.6. The van der Waals surface area contributed by atoms with Crippen LogP contribution in [0.5, 0.6) is 0 Å². The first-order chi connectivity index (χ1) is 4.34. The Morgan fingerprint density at radius 3 is 2.44 bits per heavy atom. The summed E-state index contributed by atoms with van der Waals surface area (Å²) in [6, 6.07) is 0. The first kappa shape index (κ1) is 7.46. The van der Waals surface area contributed by atoms with Gasteiger partial charge in [0.1, 0.15) is 0 Å². The molecule has 0 bridgehead atoms. The van der Waals surface area contributed by atoms with Crippen LogP contribution in [0.2, 0.25) is 0 Å². The molecule has 1 aliphatic rings. The minimum atomic E-state index is 0.576. The molecular weight excluding hydrogens is 128 g/mol. The van der Waals surface area contributed by atoms with Gasteiger partial charge >= 0.3 is 0 Å². The van der Waals surface area contributed by atoms with Gasteiger partial charge in [-0.05, 0) is 25.2 Å². The Hall–Kier alpha value is 0.350. The van der Waals surface area contributed by atoms with Crippen LogP contribution < -0.4 is 0 Å². The summed E-state index contributed by atoms with van der Waals surface area (Å²) in [6.45, 7) is 2.20. The summed E-state index contributed by atoms with van der Waals surface area (Å²) >= 11 is 5.30. The Labute approximate surface area is 63.4 Å². The molecule has 1 atom stereocenters. The van der Waals surface area contributed by atoms with Crippen molar-refractivity contribution in [3.8, 4) is 0 Å². The second-order valence-corrected chi connectivity index (χ2v) is 3.60. The van der Waals surface area contributed by atoms with Gasteiger partial charge in [-0.3, -0.25) is 0 Å². The molecule has 0 N–H and O–H groups in total. The molecule has 9 heavy (non-hydrogen) atoms. The minimum absolute atomic E-state index is 0.576. The summed E-state index contributed by atoms with van der Waals surface area (Å²) in [7, 11) is 0. The molecule has 53 valence electrons. The van der Waals surface area contributed by atoms with E-state index in [1.807, 2.05) is 0 Å². The fourth-order valence-corrected chi connectivity index (χ4v) is 1.93. The highest BCUT2D eigenvalue weighted by Gasteiger charge is 2.20. The second kappa shape index (κ2) is 3.50. The molecule has 1 rings (SSSR count). The van der Waals surface area contributed by atoms with Gasteiger partial charge in [-0.25, -0.2) is 0 Å². The molecule has 1 heteroatoms. The largest absolute Gasteiger partial charge is 0.0902 e. The highest BCUT2D eigenvalue weighted by atomic mass is 32.1. The average molecular weight is 143 g/mol. The van der Waals surface area contributed by atoms with Gasteiger partial charge in [0.2, 0.25) is 0 Å². The van der Waals surface area contributed by atoms with Gasteiger partial charge in [-0.15, -0.1) is 0 Å². The SMILES string of the molecule is CCC([S])C1CCCC1. The van der Waals surface area contributed by atoms with Crippen LogP contribution in [0, 0.1) is 5.92 Å². The molecule has 1 saturated carbocycles. The van der Waals surface area contributed by atoms with Gasteiger partial charge in [0.25, 0.3) is 0 Å². The molecule has 1 unspecified atom stereocenters. The number of rotatable bonds is 2. The standard InChI is InChI=1S/C8H15S/c1-2-8(9)7-5-3-4-6-7/h7-8H,2-6H2,1H3. The fourth-order valence-electron chi connectivity index (χ4n) is 1.66. The van der Waals surface area contributed by atoms with Gasteiger partial charge in [0.15, 0.2) is 0 Å². The third-order valence-corrected chi connectivity index (χ3v) is 3.05. The lowest BCUT2D eigenvalue weighted by Gasteiger charge is -2.13. The number of hydrogen-bond acceptors (Lipinski definition) is 0. The van der Waals surface area contributed by atoms with Crippen molar-refractivity contribution in [3.05, 3.63) is 0 Å². The lowest BCUT2D eigenvalue weighted by atomic mass is 10.0. The highest BCUT2D eigenvalue weighted by molar-refractivity contribution is 7.81. The van der Waals surface area contributed by atoms with Crippen LogP contribution in [0.3, 0.4) is 0 Å². The molecule has 0 aromatic carbocycles. The molecule has 1 radical (unpaired) electrons. The lowest BCUT2D eigenvalue weighted by Crippen LogP contribution is -2.09. The summed E-state index contributed by atoms with van der Waals surface area (Å²) in [5, 5.41) is 0.576. The van der Waals surface area contributed by atoms with E-state index in [4.69, 9.17) is 12.6 Å². The molecule has 0 amide bonds. The average Bonchev–Trinajstić information content (AvgIpc) is 2.37. The zero-order chi connectivity index (χ0) is 6.69. The summed E-state index contributed by atoms with van der Waals surface area (Å²) in [4.78, 5) is 0. The van der Waals surface area contributed by atoms with Gasteiger partial charge < -0.3 is 0 Å². The molecule has 0 saturated heterocycles. The van der Waals surface area contributed by atoms with E-state index < -0.39 is 0 Å². The van der Waals surface area contributed by atoms with E-state index in [0.29, 0.717) is 5.25 Å². The van der Waals surface area contributed by atoms with Crippen molar-refractivity contribution in [1.29, 1.82) is 0 Å². The van der Waals surface area contributed by atoms with Gasteiger partial charge in [-0.2, -0.15) is 0 Å². The van der Waals surface area contributed by atoms with E-state index in [2.05, 4.69) is 6.92 Å². The first-order valence-electron chi connectivity index (χ1n) is 4.00. The third kappa shape index (κ3) is 1.89. The second-order valence-electron chi connectivity index (χ2n) is 2.99. The summed E-state index contributed by atoms with van der Waals surface area (Å²) in [5.41, 5.74) is 0. The van der Waals surface area contributed by atoms with Crippen LogP contribution in [0.25, 0.3) is 0 Å². The van der Waals surface area contributed by atoms with Crippen molar-refractivity contribution in [3.63, 3.8) is 0 Å². The normalized spacial score (nSPS) is 24.7. The molecular formula is C8H15S. The van der Waals surface area contributed by atoms with Crippen LogP contribution in [0.15, 0.2) is 0 Å². The molecule has 1 fully saturated rings. The van der Waals surface area contributed by atoms with Crippen LogP contribution in [-0.2, 0) is 0 Å². The minimum Gasteiger partial charge on any atom is -0.0902 e. The topological polar surface area (TPSA) is 0 Å². The van der Waals surface area contributed by atoms with E-state index in [1.54, 1.807) is 0 Å². The molecule has 0 spiro atoms. The monoisotopic (exact) mass is 143 g/mol. The molecule has 0 aromatic heterocycles. The maximum absolute atomic E-state index is 5.30. The number of hydrogen-bond donors (Lipinski definition) is 0. The molecule has 1 aliphatic carbocycles. The van der Waals surface area contributed by atoms with Crippen molar-refractivity contribution >= 4 is 12.6 Å². The van der Waals surface area contributed by atoms with E-state index >= 15 is 0 Å². The zero-order valence-electron chi connectivity index (χ0n) is 6.10. The lowest BCUT2D eigenvalue weighted by molar-refractivity contribution is 0.514. The van der Waals surface area contributed by atoms with Crippen LogP contribution in [-0.4, -0.2) is 5.25 Å². The van der Waals surface area contributed by atoms with Crippen LogP contribution >= 0.6 is 12.6 Å². The molecule has 0 aliphatic heterocycles. The zero-order valence-corrected chi connectivity index (χ0v) is 6.91. The fraction of sp³-hybridized carbons (Fsp3) is 1.00. The Morgan fingerprint density at radius 1 is 1.44 bits per heavy atom. The van der Waals surface area contributed by atoms with Crippen LogP contribution in [0.4, 0.5) is 0 Å². The van der Waals surface area contributed by atoms with E-state index in [-0.39, 0.29) is 0 Å². The van der Waals surface area contributed by atoms with Crippen molar-refractivity contribution in [2.24, 2.45) is 5.92 Å². The van der Waals surface area contributed by atoms with Gasteiger partial charge in [0, 0.05) is 5.25 Å². The maximum Gasteiger partial charge on any atom is 0.0177 e. The van der Waals surface area contributed by atoms with Crippen molar-refractivity contribution < 1.29 is 0 Å². The Balaban J connectivity index is 2.24. The predicted molar refractivity (Wildman–Crippen MR) is 43.6 cm³/mol. The first-order valence-corrected chi connectivity index (χ1v) is 4.47. The molecule has 0 aromatic rings. The van der Waals surface area contributed by atoms with E-state index in [0.717, 1.165) is 5.92 Å². The van der Waals surface area contributed by atoms with Crippen molar-refractivity contribution in [2.75, 3.05) is 0 Å².